The van der Waals surface area contributed by atoms with Crippen molar-refractivity contribution >= 4 is 33.3 Å². The monoisotopic (exact) mass is 382 g/mol. The van der Waals surface area contributed by atoms with Crippen molar-refractivity contribution in [2.75, 3.05) is 18.2 Å². The van der Waals surface area contributed by atoms with E-state index in [1.165, 1.54) is 0 Å². The number of amides is 1. The van der Waals surface area contributed by atoms with E-state index in [0.29, 0.717) is 6.54 Å². The molecule has 2 aliphatic rings. The first-order valence-electron chi connectivity index (χ1n) is 8.91. The highest BCUT2D eigenvalue weighted by Gasteiger charge is 2.32. The number of nitrogens with one attached hydrogen (secondary N) is 1. The number of hydrogen-bond donors (Lipinski definition) is 1. The smallest absolute Gasteiger partial charge is 0.243 e. The van der Waals surface area contributed by atoms with Crippen LogP contribution in [0.1, 0.15) is 18.4 Å². The van der Waals surface area contributed by atoms with Crippen molar-refractivity contribution < 1.29 is 14.3 Å². The summed E-state index contributed by atoms with van der Waals surface area (Å²) in [6.45, 7) is 1.53. The van der Waals surface area contributed by atoms with E-state index in [9.17, 15) is 4.79 Å². The van der Waals surface area contributed by atoms with Gasteiger partial charge in [0.1, 0.15) is 23.0 Å². The van der Waals surface area contributed by atoms with Crippen LogP contribution in [0.5, 0.6) is 11.5 Å². The number of rotatable bonds is 4. The molecule has 3 aromatic rings. The number of thiophene rings is 1. The number of benzene rings is 1. The fraction of sp³-hybridized carbons (Fsp3) is 0.316. The minimum atomic E-state index is -0.211. The Bertz CT molecular complexity index is 1010. The molecule has 7 nitrogen and oxygen atoms in total. The van der Waals surface area contributed by atoms with Gasteiger partial charge in [-0.2, -0.15) is 0 Å². The molecule has 0 spiro atoms. The Labute approximate surface area is 159 Å². The van der Waals surface area contributed by atoms with Gasteiger partial charge in [-0.3, -0.25) is 4.79 Å². The lowest BCUT2D eigenvalue weighted by molar-refractivity contribution is -0.122. The van der Waals surface area contributed by atoms with Crippen LogP contribution in [0, 0.1) is 0 Å². The van der Waals surface area contributed by atoms with Crippen molar-refractivity contribution in [3.63, 3.8) is 0 Å². The second-order valence-corrected chi connectivity index (χ2v) is 7.49. The van der Waals surface area contributed by atoms with Crippen molar-refractivity contribution in [3.05, 3.63) is 41.5 Å². The van der Waals surface area contributed by atoms with Gasteiger partial charge < -0.3 is 19.7 Å². The van der Waals surface area contributed by atoms with Crippen LogP contribution in [0.4, 0.5) is 5.82 Å². The van der Waals surface area contributed by atoms with Gasteiger partial charge in [-0.25, -0.2) is 9.97 Å². The van der Waals surface area contributed by atoms with Crippen molar-refractivity contribution in [1.29, 1.82) is 0 Å². The Morgan fingerprint density at radius 2 is 2.19 bits per heavy atom. The lowest BCUT2D eigenvalue weighted by atomic mass is 10.1. The number of carbonyl (C=O) groups is 1. The van der Waals surface area contributed by atoms with Crippen LogP contribution in [0.3, 0.4) is 0 Å². The maximum atomic E-state index is 12.9. The van der Waals surface area contributed by atoms with Gasteiger partial charge in [-0.15, -0.1) is 11.3 Å². The lowest BCUT2D eigenvalue weighted by Gasteiger charge is -2.25. The highest BCUT2D eigenvalue weighted by Crippen LogP contribution is 2.33. The highest BCUT2D eigenvalue weighted by molar-refractivity contribution is 7.16. The summed E-state index contributed by atoms with van der Waals surface area (Å²) in [6, 6.07) is 7.54. The summed E-state index contributed by atoms with van der Waals surface area (Å²) in [4.78, 5) is 24.7. The van der Waals surface area contributed by atoms with Crippen molar-refractivity contribution in [3.8, 4) is 11.5 Å². The topological polar surface area (TPSA) is 76.6 Å². The third kappa shape index (κ3) is 2.95. The molecule has 0 saturated carbocycles. The predicted octanol–water partition coefficient (Wildman–Crippen LogP) is 2.71. The average molecular weight is 382 g/mol. The number of aromatic nitrogens is 2. The van der Waals surface area contributed by atoms with Crippen LogP contribution in [-0.2, 0) is 11.3 Å². The van der Waals surface area contributed by atoms with Crippen LogP contribution in [-0.4, -0.2) is 35.3 Å². The maximum Gasteiger partial charge on any atom is 0.243 e. The molecule has 1 saturated heterocycles. The zero-order valence-corrected chi connectivity index (χ0v) is 15.4. The largest absolute Gasteiger partial charge is 0.454 e. The summed E-state index contributed by atoms with van der Waals surface area (Å²) in [7, 11) is 0. The number of nitrogens with zero attached hydrogens (tertiary/aromatic N) is 3. The molecule has 2 aromatic heterocycles. The van der Waals surface area contributed by atoms with Crippen LogP contribution in [0.2, 0.25) is 0 Å². The van der Waals surface area contributed by atoms with Crippen molar-refractivity contribution in [2.45, 2.75) is 25.4 Å². The molecular formula is C19H18N4O3S. The van der Waals surface area contributed by atoms with E-state index in [0.717, 1.165) is 52.5 Å². The first-order valence-corrected chi connectivity index (χ1v) is 9.78. The molecule has 1 aromatic carbocycles. The predicted molar refractivity (Wildman–Crippen MR) is 102 cm³/mol. The molecule has 5 rings (SSSR count). The van der Waals surface area contributed by atoms with Gasteiger partial charge >= 0.3 is 0 Å². The third-order valence-corrected chi connectivity index (χ3v) is 5.79. The minimum absolute atomic E-state index is 0.0205. The fourth-order valence-electron chi connectivity index (χ4n) is 3.66. The Morgan fingerprint density at radius 1 is 1.26 bits per heavy atom. The Kier molecular flexibility index (Phi) is 4.05. The molecule has 8 heteroatoms. The van der Waals surface area contributed by atoms with E-state index in [1.54, 1.807) is 17.7 Å². The lowest BCUT2D eigenvalue weighted by Crippen LogP contribution is -2.43. The van der Waals surface area contributed by atoms with Gasteiger partial charge in [-0.05, 0) is 42.0 Å². The Hall–Kier alpha value is -2.87. The number of fused-ring (bicyclic) bond motifs is 2. The molecule has 138 valence electrons. The maximum absolute atomic E-state index is 12.9. The van der Waals surface area contributed by atoms with Crippen molar-refractivity contribution in [2.24, 2.45) is 0 Å². The van der Waals surface area contributed by atoms with Crippen LogP contribution < -0.4 is 19.7 Å². The first-order chi connectivity index (χ1) is 13.3. The second kappa shape index (κ2) is 6.70. The van der Waals surface area contributed by atoms with Gasteiger partial charge in [0.15, 0.2) is 11.5 Å². The van der Waals surface area contributed by atoms with E-state index in [2.05, 4.69) is 20.2 Å². The Morgan fingerprint density at radius 3 is 3.15 bits per heavy atom. The van der Waals surface area contributed by atoms with E-state index < -0.39 is 0 Å². The zero-order valence-electron chi connectivity index (χ0n) is 14.6. The summed E-state index contributed by atoms with van der Waals surface area (Å²) in [6.07, 6.45) is 3.37. The van der Waals surface area contributed by atoms with Gasteiger partial charge in [0.25, 0.3) is 0 Å². The molecule has 1 unspecified atom stereocenters. The molecule has 4 heterocycles. The summed E-state index contributed by atoms with van der Waals surface area (Å²) < 4.78 is 10.7. The van der Waals surface area contributed by atoms with E-state index in [4.69, 9.17) is 9.47 Å². The van der Waals surface area contributed by atoms with Gasteiger partial charge in [0, 0.05) is 13.1 Å². The fourth-order valence-corrected chi connectivity index (χ4v) is 4.38. The van der Waals surface area contributed by atoms with E-state index in [-0.39, 0.29) is 18.7 Å². The van der Waals surface area contributed by atoms with E-state index in [1.807, 2.05) is 29.6 Å². The van der Waals surface area contributed by atoms with Crippen LogP contribution >= 0.6 is 11.3 Å². The summed E-state index contributed by atoms with van der Waals surface area (Å²) in [5, 5.41) is 6.08. The molecule has 0 radical (unpaired) electrons. The summed E-state index contributed by atoms with van der Waals surface area (Å²) in [5.74, 6) is 2.34. The normalized spacial score (nSPS) is 18.2. The van der Waals surface area contributed by atoms with Crippen LogP contribution in [0.25, 0.3) is 10.2 Å². The molecule has 0 aliphatic carbocycles. The average Bonchev–Trinajstić information content (AvgIpc) is 3.45. The van der Waals surface area contributed by atoms with E-state index >= 15 is 0 Å². The number of carbonyl (C=O) groups excluding carboxylic acids is 1. The SMILES string of the molecule is O=C(NCc1ccc2c(c1)OCO2)C1CCCN1c1ncnc2sccc12. The molecule has 27 heavy (non-hydrogen) atoms. The number of hydrogen-bond acceptors (Lipinski definition) is 7. The molecule has 1 N–H and O–H groups in total. The Balaban J connectivity index is 1.31. The first kappa shape index (κ1) is 16.3. The molecule has 1 atom stereocenters. The molecular weight excluding hydrogens is 364 g/mol. The van der Waals surface area contributed by atoms with Gasteiger partial charge in [0.2, 0.25) is 12.7 Å². The minimum Gasteiger partial charge on any atom is -0.454 e. The second-order valence-electron chi connectivity index (χ2n) is 6.59. The summed E-state index contributed by atoms with van der Waals surface area (Å²) in [5.41, 5.74) is 0.986. The number of ether oxygens (including phenoxy) is 2. The van der Waals surface area contributed by atoms with Crippen molar-refractivity contribution in [1.82, 2.24) is 15.3 Å². The number of anilines is 1. The molecule has 1 amide bonds. The quantitative estimate of drug-likeness (QED) is 0.748. The standard InChI is InChI=1S/C19H18N4O3S/c24-18(20-9-12-3-4-15-16(8-12)26-11-25-15)14-2-1-6-23(14)17-13-5-7-27-19(13)22-10-21-17/h3-5,7-8,10,14H,1-2,6,9,11H2,(H,20,24). The summed E-state index contributed by atoms with van der Waals surface area (Å²) >= 11 is 1.59. The molecule has 2 aliphatic heterocycles. The van der Waals surface area contributed by atoms with Gasteiger partial charge in [0.05, 0.1) is 5.39 Å². The van der Waals surface area contributed by atoms with Gasteiger partial charge in [-0.1, -0.05) is 6.07 Å². The highest BCUT2D eigenvalue weighted by atomic mass is 32.1. The molecule has 0 bridgehead atoms. The zero-order chi connectivity index (χ0) is 18.2. The molecule has 1 fully saturated rings. The third-order valence-electron chi connectivity index (χ3n) is 4.97. The van der Waals surface area contributed by atoms with Crippen LogP contribution in [0.15, 0.2) is 36.0 Å².